The van der Waals surface area contributed by atoms with E-state index in [-0.39, 0.29) is 10.6 Å². The van der Waals surface area contributed by atoms with E-state index in [0.717, 1.165) is 31.9 Å². The summed E-state index contributed by atoms with van der Waals surface area (Å²) in [5, 5.41) is 14.1. The molecule has 1 fully saturated rings. The van der Waals surface area contributed by atoms with Gasteiger partial charge in [0.15, 0.2) is 0 Å². The number of piperazine rings is 1. The molecule has 2 heterocycles. The predicted molar refractivity (Wildman–Crippen MR) is 60.7 cm³/mol. The normalized spacial score (nSPS) is 16.2. The maximum atomic E-state index is 10.9. The first kappa shape index (κ1) is 10.8. The van der Waals surface area contributed by atoms with E-state index in [1.807, 2.05) is 11.8 Å². The van der Waals surface area contributed by atoms with Crippen LogP contribution >= 0.6 is 0 Å². The highest BCUT2D eigenvalue weighted by Gasteiger charge is 2.22. The minimum Gasteiger partial charge on any atom is -0.348 e. The van der Waals surface area contributed by atoms with Gasteiger partial charge < -0.3 is 10.2 Å². The number of rotatable bonds is 2. The van der Waals surface area contributed by atoms with Crippen molar-refractivity contribution in [2.75, 3.05) is 31.1 Å². The van der Waals surface area contributed by atoms with Crippen molar-refractivity contribution >= 4 is 11.5 Å². The van der Waals surface area contributed by atoms with Crippen LogP contribution in [-0.4, -0.2) is 36.1 Å². The van der Waals surface area contributed by atoms with Crippen molar-refractivity contribution in [2.45, 2.75) is 6.92 Å². The molecule has 6 nitrogen and oxygen atoms in total. The van der Waals surface area contributed by atoms with Gasteiger partial charge in [-0.2, -0.15) is 0 Å². The van der Waals surface area contributed by atoms with E-state index < -0.39 is 0 Å². The lowest BCUT2D eigenvalue weighted by molar-refractivity contribution is -0.384. The summed E-state index contributed by atoms with van der Waals surface area (Å²) in [6.45, 7) is 5.05. The molecule has 0 amide bonds. The van der Waals surface area contributed by atoms with Crippen LogP contribution in [0.2, 0.25) is 0 Å². The largest absolute Gasteiger partial charge is 0.348 e. The van der Waals surface area contributed by atoms with Crippen molar-refractivity contribution < 1.29 is 4.92 Å². The van der Waals surface area contributed by atoms with Crippen LogP contribution in [0.4, 0.5) is 11.5 Å². The van der Waals surface area contributed by atoms with E-state index in [2.05, 4.69) is 10.3 Å². The van der Waals surface area contributed by atoms with Gasteiger partial charge in [0.1, 0.15) is 0 Å². The summed E-state index contributed by atoms with van der Waals surface area (Å²) in [5.74, 6) is 0.492. The summed E-state index contributed by atoms with van der Waals surface area (Å²) < 4.78 is 0. The van der Waals surface area contributed by atoms with Gasteiger partial charge in [-0.25, -0.2) is 4.98 Å². The van der Waals surface area contributed by atoms with Crippen molar-refractivity contribution in [1.29, 1.82) is 0 Å². The van der Waals surface area contributed by atoms with Crippen LogP contribution in [0.1, 0.15) is 5.69 Å². The van der Waals surface area contributed by atoms with E-state index >= 15 is 0 Å². The molecule has 86 valence electrons. The van der Waals surface area contributed by atoms with Crippen LogP contribution in [-0.2, 0) is 0 Å². The summed E-state index contributed by atoms with van der Waals surface area (Å²) in [6.07, 6.45) is 0. The maximum Gasteiger partial charge on any atom is 0.311 e. The third-order valence-electron chi connectivity index (χ3n) is 2.61. The number of aryl methyl sites for hydroxylation is 1. The Morgan fingerprint density at radius 1 is 1.44 bits per heavy atom. The zero-order valence-electron chi connectivity index (χ0n) is 9.14. The number of nitrogens with one attached hydrogen (secondary N) is 1. The lowest BCUT2D eigenvalue weighted by Gasteiger charge is -2.28. The highest BCUT2D eigenvalue weighted by atomic mass is 16.6. The molecular weight excluding hydrogens is 208 g/mol. The van der Waals surface area contributed by atoms with E-state index in [9.17, 15) is 10.1 Å². The molecule has 1 saturated heterocycles. The molecule has 0 aromatic carbocycles. The van der Waals surface area contributed by atoms with Crippen molar-refractivity contribution in [3.8, 4) is 0 Å². The Balaban J connectivity index is 2.36. The Bertz CT molecular complexity index is 402. The molecule has 1 aliphatic rings. The number of nitro groups is 1. The fraction of sp³-hybridized carbons (Fsp3) is 0.500. The Kier molecular flexibility index (Phi) is 3.00. The molecule has 0 atom stereocenters. The van der Waals surface area contributed by atoms with Crippen LogP contribution < -0.4 is 10.2 Å². The smallest absolute Gasteiger partial charge is 0.311 e. The van der Waals surface area contributed by atoms with Crippen molar-refractivity contribution in [3.05, 3.63) is 27.9 Å². The monoisotopic (exact) mass is 222 g/mol. The van der Waals surface area contributed by atoms with Crippen LogP contribution in [0.15, 0.2) is 12.1 Å². The molecule has 1 aromatic rings. The number of nitrogens with zero attached hydrogens (tertiary/aromatic N) is 3. The minimum atomic E-state index is -0.371. The molecule has 0 bridgehead atoms. The van der Waals surface area contributed by atoms with E-state index in [1.165, 1.54) is 6.07 Å². The molecule has 16 heavy (non-hydrogen) atoms. The molecule has 6 heteroatoms. The third kappa shape index (κ3) is 2.11. The molecular formula is C10H14N4O2. The molecule has 2 rings (SSSR count). The Morgan fingerprint density at radius 2 is 2.12 bits per heavy atom. The average molecular weight is 222 g/mol. The van der Waals surface area contributed by atoms with E-state index in [0.29, 0.717) is 5.82 Å². The number of hydrogen-bond acceptors (Lipinski definition) is 5. The molecule has 1 aliphatic heterocycles. The highest BCUT2D eigenvalue weighted by molar-refractivity contribution is 5.58. The predicted octanol–water partition coefficient (Wildman–Crippen LogP) is 0.708. The summed E-state index contributed by atoms with van der Waals surface area (Å²) in [6, 6.07) is 3.20. The molecule has 1 aromatic heterocycles. The molecule has 0 radical (unpaired) electrons. The molecule has 0 unspecified atom stereocenters. The topological polar surface area (TPSA) is 71.3 Å². The molecule has 0 spiro atoms. The Labute approximate surface area is 93.4 Å². The van der Waals surface area contributed by atoms with Crippen molar-refractivity contribution in [3.63, 3.8) is 0 Å². The number of anilines is 1. The second-order valence-electron chi connectivity index (χ2n) is 3.79. The zero-order valence-corrected chi connectivity index (χ0v) is 9.14. The summed E-state index contributed by atoms with van der Waals surface area (Å²) >= 11 is 0. The van der Waals surface area contributed by atoms with Gasteiger partial charge in [-0.15, -0.1) is 0 Å². The first-order valence-electron chi connectivity index (χ1n) is 5.26. The minimum absolute atomic E-state index is 0.0903. The zero-order chi connectivity index (χ0) is 11.5. The Hall–Kier alpha value is -1.69. The lowest BCUT2D eigenvalue weighted by atomic mass is 10.3. The van der Waals surface area contributed by atoms with E-state index in [4.69, 9.17) is 0 Å². The molecule has 0 saturated carbocycles. The van der Waals surface area contributed by atoms with Gasteiger partial charge >= 0.3 is 5.69 Å². The fourth-order valence-corrected chi connectivity index (χ4v) is 1.79. The summed E-state index contributed by atoms with van der Waals surface area (Å²) in [4.78, 5) is 16.8. The second-order valence-corrected chi connectivity index (χ2v) is 3.79. The molecule has 0 aliphatic carbocycles. The highest BCUT2D eigenvalue weighted by Crippen LogP contribution is 2.25. The number of hydrogen-bond donors (Lipinski definition) is 1. The number of aromatic nitrogens is 1. The van der Waals surface area contributed by atoms with Gasteiger partial charge in [-0.3, -0.25) is 10.1 Å². The summed E-state index contributed by atoms with van der Waals surface area (Å²) in [7, 11) is 0. The third-order valence-corrected chi connectivity index (χ3v) is 2.61. The van der Waals surface area contributed by atoms with Gasteiger partial charge in [0.05, 0.1) is 4.92 Å². The van der Waals surface area contributed by atoms with Crippen LogP contribution in [0.3, 0.4) is 0 Å². The van der Waals surface area contributed by atoms with Gasteiger partial charge in [0.25, 0.3) is 0 Å². The van der Waals surface area contributed by atoms with Crippen LogP contribution in [0.25, 0.3) is 0 Å². The fourth-order valence-electron chi connectivity index (χ4n) is 1.79. The SMILES string of the molecule is Cc1ccc([N+](=O)[O-])c(N2CCNCC2)n1. The van der Waals surface area contributed by atoms with Gasteiger partial charge in [-0.05, 0) is 13.0 Å². The summed E-state index contributed by atoms with van der Waals surface area (Å²) in [5.41, 5.74) is 0.895. The lowest BCUT2D eigenvalue weighted by Crippen LogP contribution is -2.44. The van der Waals surface area contributed by atoms with Crippen LogP contribution in [0.5, 0.6) is 0 Å². The van der Waals surface area contributed by atoms with Crippen molar-refractivity contribution in [1.82, 2.24) is 10.3 Å². The van der Waals surface area contributed by atoms with Crippen LogP contribution in [0, 0.1) is 17.0 Å². The molecule has 1 N–H and O–H groups in total. The standard InChI is InChI=1S/C10H14N4O2/c1-8-2-3-9(14(15)16)10(12-8)13-6-4-11-5-7-13/h2-3,11H,4-7H2,1H3. The maximum absolute atomic E-state index is 10.9. The second kappa shape index (κ2) is 4.44. The van der Waals surface area contributed by atoms with Crippen molar-refractivity contribution in [2.24, 2.45) is 0 Å². The Morgan fingerprint density at radius 3 is 2.75 bits per heavy atom. The van der Waals surface area contributed by atoms with Gasteiger partial charge in [0.2, 0.25) is 5.82 Å². The first-order chi connectivity index (χ1) is 7.68. The first-order valence-corrected chi connectivity index (χ1v) is 5.26. The average Bonchev–Trinajstić information content (AvgIpc) is 2.29. The van der Waals surface area contributed by atoms with Gasteiger partial charge in [0, 0.05) is 37.9 Å². The number of pyridine rings is 1. The van der Waals surface area contributed by atoms with E-state index in [1.54, 1.807) is 6.07 Å². The quantitative estimate of drug-likeness (QED) is 0.589. The van der Waals surface area contributed by atoms with Gasteiger partial charge in [-0.1, -0.05) is 0 Å².